The quantitative estimate of drug-likeness (QED) is 0.366. The van der Waals surface area contributed by atoms with Gasteiger partial charge in [0, 0.05) is 35.7 Å². The van der Waals surface area contributed by atoms with Crippen LogP contribution in [0.3, 0.4) is 0 Å². The molecule has 186 valence electrons. The summed E-state index contributed by atoms with van der Waals surface area (Å²) in [7, 11) is 0. The Bertz CT molecular complexity index is 1230. The van der Waals surface area contributed by atoms with Gasteiger partial charge in [-0.1, -0.05) is 38.1 Å². The fourth-order valence-electron chi connectivity index (χ4n) is 4.35. The van der Waals surface area contributed by atoms with E-state index in [4.69, 9.17) is 5.11 Å². The SMILES string of the molecule is CCN1C(=O)CC(C)(C)c2cc(C)c(-c3cc(/C=C/C(C)=C/C(=O)O)ccc3OC(F)(F)F)cc21. The van der Waals surface area contributed by atoms with Crippen molar-refractivity contribution >= 4 is 23.6 Å². The molecule has 0 bridgehead atoms. The minimum absolute atomic E-state index is 0.0380. The lowest BCUT2D eigenvalue weighted by molar-refractivity contribution is -0.274. The number of rotatable bonds is 6. The Labute approximate surface area is 202 Å². The standard InChI is InChI=1S/C27H28F3NO4/c1-6-31-22-14-19(17(3)12-21(22)26(4,5)15-24(31)32)20-13-18(8-7-16(2)11-25(33)34)9-10-23(20)35-27(28,29)30/h7-14H,6,15H2,1-5H3,(H,33,34)/b8-7+,16-11+. The number of aryl methyl sites for hydroxylation is 1. The van der Waals surface area contributed by atoms with Crippen molar-refractivity contribution < 1.29 is 32.6 Å². The number of allylic oxidation sites excluding steroid dienone is 2. The molecule has 1 aliphatic heterocycles. The first-order chi connectivity index (χ1) is 16.2. The molecule has 35 heavy (non-hydrogen) atoms. The first kappa shape index (κ1) is 26.1. The van der Waals surface area contributed by atoms with Crippen molar-refractivity contribution in [1.82, 2.24) is 0 Å². The molecule has 0 aromatic heterocycles. The monoisotopic (exact) mass is 487 g/mol. The number of aliphatic carboxylic acids is 1. The minimum Gasteiger partial charge on any atom is -0.478 e. The van der Waals surface area contributed by atoms with Gasteiger partial charge >= 0.3 is 12.3 Å². The van der Waals surface area contributed by atoms with Crippen molar-refractivity contribution in [2.45, 2.75) is 52.8 Å². The highest BCUT2D eigenvalue weighted by atomic mass is 19.4. The third-order valence-corrected chi connectivity index (χ3v) is 5.98. The molecule has 0 unspecified atom stereocenters. The largest absolute Gasteiger partial charge is 0.573 e. The number of anilines is 1. The van der Waals surface area contributed by atoms with Crippen molar-refractivity contribution in [1.29, 1.82) is 0 Å². The number of ether oxygens (including phenoxy) is 1. The van der Waals surface area contributed by atoms with E-state index in [2.05, 4.69) is 4.74 Å². The number of amides is 1. The fourth-order valence-corrected chi connectivity index (χ4v) is 4.35. The zero-order valence-corrected chi connectivity index (χ0v) is 20.3. The van der Waals surface area contributed by atoms with Gasteiger partial charge in [-0.05, 0) is 66.8 Å². The Morgan fingerprint density at radius 1 is 1.20 bits per heavy atom. The molecule has 1 amide bonds. The smallest absolute Gasteiger partial charge is 0.478 e. The molecule has 0 saturated heterocycles. The normalized spacial score (nSPS) is 15.9. The number of hydrogen-bond acceptors (Lipinski definition) is 3. The van der Waals surface area contributed by atoms with Gasteiger partial charge in [0.25, 0.3) is 0 Å². The lowest BCUT2D eigenvalue weighted by Gasteiger charge is -2.39. The molecule has 0 spiro atoms. The maximum absolute atomic E-state index is 13.2. The van der Waals surface area contributed by atoms with Crippen molar-refractivity contribution in [2.24, 2.45) is 0 Å². The molecule has 0 atom stereocenters. The first-order valence-corrected chi connectivity index (χ1v) is 11.2. The Balaban J connectivity index is 2.21. The fraction of sp³-hybridized carbons (Fsp3) is 0.333. The highest BCUT2D eigenvalue weighted by molar-refractivity contribution is 5.99. The van der Waals surface area contributed by atoms with Crippen molar-refractivity contribution in [3.63, 3.8) is 0 Å². The van der Waals surface area contributed by atoms with Gasteiger partial charge in [0.1, 0.15) is 5.75 Å². The lowest BCUT2D eigenvalue weighted by Crippen LogP contribution is -2.41. The van der Waals surface area contributed by atoms with E-state index in [0.717, 1.165) is 17.2 Å². The van der Waals surface area contributed by atoms with Crippen LogP contribution in [0.1, 0.15) is 50.8 Å². The van der Waals surface area contributed by atoms with Gasteiger partial charge in [0.15, 0.2) is 0 Å². The van der Waals surface area contributed by atoms with E-state index < -0.39 is 17.7 Å². The van der Waals surface area contributed by atoms with E-state index in [1.54, 1.807) is 36.1 Å². The Kier molecular flexibility index (Phi) is 7.15. The van der Waals surface area contributed by atoms with Crippen LogP contribution in [0.15, 0.2) is 48.1 Å². The molecule has 2 aromatic rings. The predicted octanol–water partition coefficient (Wildman–Crippen LogP) is 6.64. The van der Waals surface area contributed by atoms with Crippen LogP contribution >= 0.6 is 0 Å². The first-order valence-electron chi connectivity index (χ1n) is 11.2. The molecule has 5 nitrogen and oxygen atoms in total. The van der Waals surface area contributed by atoms with Gasteiger partial charge in [-0.25, -0.2) is 4.79 Å². The number of benzene rings is 2. The third-order valence-electron chi connectivity index (χ3n) is 5.98. The number of carbonyl (C=O) groups excluding carboxylic acids is 1. The average Bonchev–Trinajstić information content (AvgIpc) is 2.71. The van der Waals surface area contributed by atoms with Crippen LogP contribution in [0.4, 0.5) is 18.9 Å². The summed E-state index contributed by atoms with van der Waals surface area (Å²) in [5, 5.41) is 8.88. The van der Waals surface area contributed by atoms with Gasteiger partial charge in [-0.3, -0.25) is 4.79 Å². The van der Waals surface area contributed by atoms with E-state index in [-0.39, 0.29) is 17.2 Å². The Morgan fingerprint density at radius 2 is 1.89 bits per heavy atom. The summed E-state index contributed by atoms with van der Waals surface area (Å²) in [6.07, 6.45) is -0.323. The summed E-state index contributed by atoms with van der Waals surface area (Å²) in [5.41, 5.74) is 3.74. The summed E-state index contributed by atoms with van der Waals surface area (Å²) >= 11 is 0. The molecule has 0 radical (unpaired) electrons. The summed E-state index contributed by atoms with van der Waals surface area (Å²) in [5.74, 6) is -1.49. The topological polar surface area (TPSA) is 66.8 Å². The Morgan fingerprint density at radius 3 is 2.49 bits per heavy atom. The van der Waals surface area contributed by atoms with E-state index in [1.165, 1.54) is 12.1 Å². The van der Waals surface area contributed by atoms with Crippen LogP contribution in [0, 0.1) is 6.92 Å². The average molecular weight is 488 g/mol. The molecule has 1 heterocycles. The molecule has 0 fully saturated rings. The molecule has 3 rings (SSSR count). The van der Waals surface area contributed by atoms with Gasteiger partial charge < -0.3 is 14.7 Å². The van der Waals surface area contributed by atoms with Gasteiger partial charge in [-0.15, -0.1) is 13.2 Å². The number of nitrogens with zero attached hydrogens (tertiary/aromatic N) is 1. The second kappa shape index (κ2) is 9.60. The van der Waals surface area contributed by atoms with Gasteiger partial charge in [0.05, 0.1) is 0 Å². The Hall–Kier alpha value is -3.55. The maximum Gasteiger partial charge on any atom is 0.573 e. The van der Waals surface area contributed by atoms with Crippen LogP contribution in [-0.4, -0.2) is 29.9 Å². The number of carboxylic acids is 1. The van der Waals surface area contributed by atoms with Crippen LogP contribution in [-0.2, 0) is 15.0 Å². The summed E-state index contributed by atoms with van der Waals surface area (Å²) < 4.78 is 44.0. The number of carbonyl (C=O) groups is 2. The highest BCUT2D eigenvalue weighted by Crippen LogP contribution is 2.45. The minimum atomic E-state index is -4.89. The lowest BCUT2D eigenvalue weighted by atomic mass is 9.75. The van der Waals surface area contributed by atoms with E-state index in [1.807, 2.05) is 33.8 Å². The molecule has 1 N–H and O–H groups in total. The number of carboxylic acid groups (broad SMARTS) is 1. The summed E-state index contributed by atoms with van der Waals surface area (Å²) in [6.45, 7) is 9.68. The summed E-state index contributed by atoms with van der Waals surface area (Å²) in [4.78, 5) is 25.3. The molecule has 0 aliphatic carbocycles. The van der Waals surface area contributed by atoms with Crippen LogP contribution in [0.25, 0.3) is 17.2 Å². The predicted molar refractivity (Wildman–Crippen MR) is 129 cm³/mol. The van der Waals surface area contributed by atoms with Gasteiger partial charge in [0.2, 0.25) is 5.91 Å². The number of hydrogen-bond donors (Lipinski definition) is 1. The molecule has 8 heteroatoms. The second-order valence-corrected chi connectivity index (χ2v) is 9.25. The van der Waals surface area contributed by atoms with E-state index >= 15 is 0 Å². The zero-order chi connectivity index (χ0) is 26.1. The van der Waals surface area contributed by atoms with Gasteiger partial charge in [-0.2, -0.15) is 0 Å². The zero-order valence-electron chi connectivity index (χ0n) is 20.3. The van der Waals surface area contributed by atoms with Crippen LogP contribution < -0.4 is 9.64 Å². The van der Waals surface area contributed by atoms with E-state index in [9.17, 15) is 22.8 Å². The highest BCUT2D eigenvalue weighted by Gasteiger charge is 2.37. The molecule has 0 saturated carbocycles. The van der Waals surface area contributed by atoms with Crippen molar-refractivity contribution in [3.05, 3.63) is 64.7 Å². The van der Waals surface area contributed by atoms with Crippen LogP contribution in [0.5, 0.6) is 5.75 Å². The number of alkyl halides is 3. The second-order valence-electron chi connectivity index (χ2n) is 9.25. The summed E-state index contributed by atoms with van der Waals surface area (Å²) in [6, 6.07) is 7.96. The number of halogens is 3. The van der Waals surface area contributed by atoms with Crippen molar-refractivity contribution in [2.75, 3.05) is 11.4 Å². The van der Waals surface area contributed by atoms with Crippen molar-refractivity contribution in [3.8, 4) is 16.9 Å². The molecular formula is C27H28F3NO4. The molecule has 1 aliphatic rings. The molecule has 2 aromatic carbocycles. The van der Waals surface area contributed by atoms with E-state index in [0.29, 0.717) is 35.4 Å². The maximum atomic E-state index is 13.2. The van der Waals surface area contributed by atoms with Crippen LogP contribution in [0.2, 0.25) is 0 Å². The third kappa shape index (κ3) is 5.93. The number of fused-ring (bicyclic) bond motifs is 1. The molecular weight excluding hydrogens is 459 g/mol.